The van der Waals surface area contributed by atoms with Gasteiger partial charge in [-0.2, -0.15) is 0 Å². The number of amidine groups is 1. The Balaban J connectivity index is 1.98. The number of para-hydroxylation sites is 1. The number of halogens is 2. The Morgan fingerprint density at radius 2 is 2.14 bits per heavy atom. The number of benzene rings is 1. The number of aliphatic imine (C=N–C) groups is 2. The molecule has 3 rings (SSSR count). The van der Waals surface area contributed by atoms with Crippen molar-refractivity contribution in [2.45, 2.75) is 32.4 Å². The van der Waals surface area contributed by atoms with Crippen LogP contribution in [0.25, 0.3) is 0 Å². The smallest absolute Gasteiger partial charge is 0.210 e. The Morgan fingerprint density at radius 3 is 2.71 bits per heavy atom. The van der Waals surface area contributed by atoms with Crippen molar-refractivity contribution >= 4 is 17.5 Å². The summed E-state index contributed by atoms with van der Waals surface area (Å²) in [5.41, 5.74) is 5.83. The number of rotatable bonds is 5. The van der Waals surface area contributed by atoms with Gasteiger partial charge in [-0.1, -0.05) is 12.6 Å². The van der Waals surface area contributed by atoms with Gasteiger partial charge < -0.3 is 21.1 Å². The minimum Gasteiger partial charge on any atom is -0.403 e. The highest BCUT2D eigenvalue weighted by molar-refractivity contribution is 6.18. The maximum absolute atomic E-state index is 14.1. The highest BCUT2D eigenvalue weighted by atomic mass is 19.1. The normalized spacial score (nSPS) is 22.2. The first kappa shape index (κ1) is 19.8. The topological polar surface area (TPSA) is 87.3 Å². The largest absolute Gasteiger partial charge is 0.403 e. The minimum atomic E-state index is -0.722. The highest BCUT2D eigenvalue weighted by Crippen LogP contribution is 2.27. The predicted molar refractivity (Wildman–Crippen MR) is 106 cm³/mol. The maximum Gasteiger partial charge on any atom is 0.210 e. The van der Waals surface area contributed by atoms with E-state index >= 15 is 0 Å². The van der Waals surface area contributed by atoms with Gasteiger partial charge in [-0.25, -0.2) is 18.8 Å². The standard InChI is InChI=1S/C19H24F2N6O/c1-11(2)23-12(3)24-18-16(9-22)25-19(27(18)13-7-8-28-10-13)26-17-14(20)5-4-6-15(17)21/h4-6,9,11,13,23H,3,7-8,10,22H2,1-2H3,(H,25,26)/b16-9+,24-18+/t13-/m1/s1. The van der Waals surface area contributed by atoms with Gasteiger partial charge in [0.05, 0.1) is 12.6 Å². The molecule has 0 aliphatic carbocycles. The fourth-order valence-electron chi connectivity index (χ4n) is 3.05. The zero-order valence-electron chi connectivity index (χ0n) is 15.9. The molecule has 28 heavy (non-hydrogen) atoms. The highest BCUT2D eigenvalue weighted by Gasteiger charge is 2.37. The number of hydrogen-bond acceptors (Lipinski definition) is 6. The molecular weight excluding hydrogens is 366 g/mol. The molecule has 150 valence electrons. The molecule has 0 spiro atoms. The Bertz CT molecular complexity index is 823. The van der Waals surface area contributed by atoms with Gasteiger partial charge in [0.2, 0.25) is 5.96 Å². The zero-order chi connectivity index (χ0) is 20.3. The third-order valence-corrected chi connectivity index (χ3v) is 4.24. The van der Waals surface area contributed by atoms with E-state index in [1.54, 1.807) is 4.90 Å². The van der Waals surface area contributed by atoms with Crippen molar-refractivity contribution < 1.29 is 13.5 Å². The number of nitrogens with zero attached hydrogens (tertiary/aromatic N) is 3. The van der Waals surface area contributed by atoms with Crippen LogP contribution in [-0.4, -0.2) is 42.0 Å². The van der Waals surface area contributed by atoms with Crippen LogP contribution in [-0.2, 0) is 4.74 Å². The Hall–Kier alpha value is -2.94. The van der Waals surface area contributed by atoms with E-state index in [-0.39, 0.29) is 23.7 Å². The fraction of sp³-hybridized carbons (Fsp3) is 0.368. The van der Waals surface area contributed by atoms with Gasteiger partial charge in [0.1, 0.15) is 28.8 Å². The van der Waals surface area contributed by atoms with Crippen LogP contribution in [0.2, 0.25) is 0 Å². The molecule has 0 unspecified atom stereocenters. The van der Waals surface area contributed by atoms with Crippen molar-refractivity contribution in [3.8, 4) is 0 Å². The van der Waals surface area contributed by atoms with Crippen molar-refractivity contribution in [1.29, 1.82) is 0 Å². The summed E-state index contributed by atoms with van der Waals surface area (Å²) in [6.07, 6.45) is 2.01. The third-order valence-electron chi connectivity index (χ3n) is 4.24. The summed E-state index contributed by atoms with van der Waals surface area (Å²) < 4.78 is 33.8. The summed E-state index contributed by atoms with van der Waals surface area (Å²) in [5, 5.41) is 5.86. The summed E-state index contributed by atoms with van der Waals surface area (Å²) in [4.78, 5) is 10.7. The van der Waals surface area contributed by atoms with E-state index in [1.807, 2.05) is 13.8 Å². The van der Waals surface area contributed by atoms with Gasteiger partial charge >= 0.3 is 0 Å². The molecule has 2 aliphatic heterocycles. The molecular formula is C19H24F2N6O. The van der Waals surface area contributed by atoms with E-state index in [1.165, 1.54) is 24.4 Å². The number of guanidine groups is 1. The van der Waals surface area contributed by atoms with Crippen LogP contribution in [0.15, 0.2) is 52.5 Å². The van der Waals surface area contributed by atoms with Crippen molar-refractivity contribution in [2.24, 2.45) is 15.7 Å². The quantitative estimate of drug-likeness (QED) is 0.719. The van der Waals surface area contributed by atoms with Gasteiger partial charge in [0, 0.05) is 18.8 Å². The fourth-order valence-corrected chi connectivity index (χ4v) is 3.05. The summed E-state index contributed by atoms with van der Waals surface area (Å²) in [5.74, 6) is -0.343. The van der Waals surface area contributed by atoms with E-state index in [4.69, 9.17) is 10.5 Å². The SMILES string of the molecule is C=C(/N=C1\C(=C/N)N=C(Nc2c(F)cccc2F)N1[C@@H]1CCOC1)NC(C)C. The summed E-state index contributed by atoms with van der Waals surface area (Å²) in [6, 6.07) is 3.68. The average Bonchev–Trinajstić information content (AvgIpc) is 3.25. The van der Waals surface area contributed by atoms with E-state index < -0.39 is 11.6 Å². The lowest BCUT2D eigenvalue weighted by Crippen LogP contribution is -2.45. The van der Waals surface area contributed by atoms with Gasteiger partial charge in [0.15, 0.2) is 5.84 Å². The first-order chi connectivity index (χ1) is 13.4. The van der Waals surface area contributed by atoms with E-state index in [9.17, 15) is 8.78 Å². The van der Waals surface area contributed by atoms with Crippen LogP contribution in [0.3, 0.4) is 0 Å². The maximum atomic E-state index is 14.1. The van der Waals surface area contributed by atoms with E-state index in [2.05, 4.69) is 27.2 Å². The molecule has 2 heterocycles. The Labute approximate surface area is 162 Å². The van der Waals surface area contributed by atoms with Crippen LogP contribution in [0.5, 0.6) is 0 Å². The molecule has 0 bridgehead atoms. The second-order valence-electron chi connectivity index (χ2n) is 6.78. The van der Waals surface area contributed by atoms with Crippen LogP contribution in [0, 0.1) is 11.6 Å². The lowest BCUT2D eigenvalue weighted by molar-refractivity contribution is 0.184. The molecule has 0 radical (unpaired) electrons. The lowest BCUT2D eigenvalue weighted by atomic mass is 10.2. The molecule has 1 fully saturated rings. The van der Waals surface area contributed by atoms with Crippen LogP contribution < -0.4 is 16.4 Å². The van der Waals surface area contributed by atoms with Gasteiger partial charge in [-0.3, -0.25) is 4.90 Å². The molecule has 0 amide bonds. The summed E-state index contributed by atoms with van der Waals surface area (Å²) >= 11 is 0. The van der Waals surface area contributed by atoms with Crippen molar-refractivity contribution in [3.05, 3.63) is 54.1 Å². The zero-order valence-corrected chi connectivity index (χ0v) is 15.9. The van der Waals surface area contributed by atoms with Gasteiger partial charge in [-0.05, 0) is 32.4 Å². The average molecular weight is 390 g/mol. The second kappa shape index (κ2) is 8.39. The van der Waals surface area contributed by atoms with Crippen LogP contribution >= 0.6 is 0 Å². The number of nitrogens with one attached hydrogen (secondary N) is 2. The van der Waals surface area contributed by atoms with Crippen LogP contribution in [0.1, 0.15) is 20.3 Å². The Kier molecular flexibility index (Phi) is 5.93. The van der Waals surface area contributed by atoms with Crippen molar-refractivity contribution in [1.82, 2.24) is 10.2 Å². The molecule has 1 atom stereocenters. The van der Waals surface area contributed by atoms with Gasteiger partial charge in [-0.15, -0.1) is 0 Å². The molecule has 4 N–H and O–H groups in total. The van der Waals surface area contributed by atoms with E-state index in [0.29, 0.717) is 37.0 Å². The third kappa shape index (κ3) is 4.14. The van der Waals surface area contributed by atoms with Gasteiger partial charge in [0.25, 0.3) is 0 Å². The summed E-state index contributed by atoms with van der Waals surface area (Å²) in [6.45, 7) is 8.84. The molecule has 1 aromatic rings. The number of hydrogen-bond donors (Lipinski definition) is 3. The molecule has 2 aliphatic rings. The first-order valence-electron chi connectivity index (χ1n) is 9.03. The molecule has 1 aromatic carbocycles. The molecule has 9 heteroatoms. The molecule has 0 saturated carbocycles. The minimum absolute atomic E-state index is 0.107. The second-order valence-corrected chi connectivity index (χ2v) is 6.78. The molecule has 0 aromatic heterocycles. The van der Waals surface area contributed by atoms with E-state index in [0.717, 1.165) is 0 Å². The molecule has 7 nitrogen and oxygen atoms in total. The Morgan fingerprint density at radius 1 is 1.43 bits per heavy atom. The van der Waals surface area contributed by atoms with Crippen LogP contribution in [0.4, 0.5) is 14.5 Å². The number of nitrogens with two attached hydrogens (primary N) is 1. The molecule has 1 saturated heterocycles. The van der Waals surface area contributed by atoms with Crippen molar-refractivity contribution in [3.63, 3.8) is 0 Å². The monoisotopic (exact) mass is 390 g/mol. The first-order valence-corrected chi connectivity index (χ1v) is 9.03. The number of anilines is 1. The summed E-state index contributed by atoms with van der Waals surface area (Å²) in [7, 11) is 0. The van der Waals surface area contributed by atoms with Crippen molar-refractivity contribution in [2.75, 3.05) is 18.5 Å². The number of ether oxygens (including phenoxy) is 1. The lowest BCUT2D eigenvalue weighted by Gasteiger charge is -2.27. The predicted octanol–water partition coefficient (Wildman–Crippen LogP) is 2.51.